The number of nitrogens with zero attached hydrogens (tertiary/aromatic N) is 2. The Balaban J connectivity index is 1.75. The van der Waals surface area contributed by atoms with Crippen molar-refractivity contribution < 1.29 is 14.3 Å². The largest absolute Gasteiger partial charge is 0.466 e. The van der Waals surface area contributed by atoms with Gasteiger partial charge in [-0.3, -0.25) is 10.2 Å². The molecule has 2 saturated heterocycles. The Bertz CT molecular complexity index is 354. The first-order valence-electron chi connectivity index (χ1n) is 7.60. The molecule has 2 rings (SSSR count). The van der Waals surface area contributed by atoms with Crippen LogP contribution in [0.2, 0.25) is 0 Å². The van der Waals surface area contributed by atoms with Gasteiger partial charge in [0.1, 0.15) is 0 Å². The summed E-state index contributed by atoms with van der Waals surface area (Å²) in [5, 5.41) is 2.01. The molecule has 0 aliphatic carbocycles. The van der Waals surface area contributed by atoms with Crippen LogP contribution in [0.5, 0.6) is 0 Å². The van der Waals surface area contributed by atoms with Crippen LogP contribution >= 0.6 is 0 Å². The van der Waals surface area contributed by atoms with Gasteiger partial charge in [0, 0.05) is 25.7 Å². The summed E-state index contributed by atoms with van der Waals surface area (Å²) in [4.78, 5) is 25.6. The first kappa shape index (κ1) is 15.1. The normalized spacial score (nSPS) is 24.7. The quantitative estimate of drug-likeness (QED) is 0.795. The zero-order valence-corrected chi connectivity index (χ0v) is 12.4. The molecule has 6 heteroatoms. The fraction of sp³-hybridized carbons (Fsp3) is 0.857. The number of rotatable bonds is 3. The van der Waals surface area contributed by atoms with Crippen molar-refractivity contribution in [1.82, 2.24) is 15.3 Å². The highest BCUT2D eigenvalue weighted by Crippen LogP contribution is 2.19. The Hall–Kier alpha value is -1.30. The molecule has 0 spiro atoms. The first-order chi connectivity index (χ1) is 9.61. The minimum absolute atomic E-state index is 0.0407. The van der Waals surface area contributed by atoms with E-state index in [4.69, 9.17) is 4.74 Å². The Morgan fingerprint density at radius 3 is 2.45 bits per heavy atom. The molecule has 2 aliphatic rings. The van der Waals surface area contributed by atoms with Gasteiger partial charge in [-0.25, -0.2) is 9.80 Å². The van der Waals surface area contributed by atoms with Crippen molar-refractivity contribution in [3.63, 3.8) is 0 Å². The van der Waals surface area contributed by atoms with E-state index >= 15 is 0 Å². The number of esters is 1. The summed E-state index contributed by atoms with van der Waals surface area (Å²) in [7, 11) is 0. The van der Waals surface area contributed by atoms with Gasteiger partial charge in [-0.1, -0.05) is 0 Å². The molecule has 2 heterocycles. The predicted molar refractivity (Wildman–Crippen MR) is 74.9 cm³/mol. The van der Waals surface area contributed by atoms with Gasteiger partial charge >= 0.3 is 12.0 Å². The van der Waals surface area contributed by atoms with Crippen LogP contribution in [0.4, 0.5) is 4.79 Å². The minimum Gasteiger partial charge on any atom is -0.466 e. The molecule has 2 fully saturated rings. The number of amides is 2. The predicted octanol–water partition coefficient (Wildman–Crippen LogP) is 1.37. The van der Waals surface area contributed by atoms with Crippen molar-refractivity contribution >= 4 is 12.0 Å². The van der Waals surface area contributed by atoms with Crippen LogP contribution in [0, 0.1) is 5.92 Å². The highest BCUT2D eigenvalue weighted by atomic mass is 16.5. The molecule has 0 aromatic rings. The molecule has 0 aromatic carbocycles. The Kier molecular flexibility index (Phi) is 5.23. The Morgan fingerprint density at radius 2 is 1.90 bits per heavy atom. The number of nitrogens with one attached hydrogen (secondary N) is 1. The van der Waals surface area contributed by atoms with E-state index < -0.39 is 0 Å². The molecule has 1 atom stereocenters. The van der Waals surface area contributed by atoms with E-state index in [-0.39, 0.29) is 17.9 Å². The van der Waals surface area contributed by atoms with Crippen LogP contribution < -0.4 is 5.43 Å². The summed E-state index contributed by atoms with van der Waals surface area (Å²) < 4.78 is 5.03. The number of likely N-dealkylation sites (tertiary alicyclic amines) is 1. The Morgan fingerprint density at radius 1 is 1.20 bits per heavy atom. The first-order valence-corrected chi connectivity index (χ1v) is 7.60. The van der Waals surface area contributed by atoms with Crippen molar-refractivity contribution in [1.29, 1.82) is 0 Å². The molecule has 1 N–H and O–H groups in total. The number of ether oxygens (including phenoxy) is 1. The summed E-state index contributed by atoms with van der Waals surface area (Å²) in [5.41, 5.74) is 2.97. The molecule has 1 unspecified atom stereocenters. The fourth-order valence-corrected chi connectivity index (χ4v) is 2.87. The SMILES string of the molecule is CCOC(=O)C1CCN(C(=O)NN2CCCC2C)CC1. The molecule has 2 aliphatic heterocycles. The number of carbonyl (C=O) groups excluding carboxylic acids is 2. The van der Waals surface area contributed by atoms with Crippen molar-refractivity contribution in [2.75, 3.05) is 26.2 Å². The number of carbonyl (C=O) groups is 2. The molecule has 6 nitrogen and oxygen atoms in total. The topological polar surface area (TPSA) is 61.9 Å². The third kappa shape index (κ3) is 3.62. The second-order valence-electron chi connectivity index (χ2n) is 5.61. The molecule has 114 valence electrons. The van der Waals surface area contributed by atoms with E-state index in [9.17, 15) is 9.59 Å². The standard InChI is InChI=1S/C14H25N3O3/c1-3-20-13(18)12-6-9-16(10-7-12)14(19)15-17-8-4-5-11(17)2/h11-12H,3-10H2,1-2H3,(H,15,19). The van der Waals surface area contributed by atoms with Gasteiger partial charge in [-0.2, -0.15) is 0 Å². The third-order valence-electron chi connectivity index (χ3n) is 4.19. The van der Waals surface area contributed by atoms with Gasteiger partial charge in [-0.15, -0.1) is 0 Å². The van der Waals surface area contributed by atoms with Gasteiger partial charge in [0.05, 0.1) is 12.5 Å². The lowest BCUT2D eigenvalue weighted by Crippen LogP contribution is -2.52. The zero-order valence-electron chi connectivity index (χ0n) is 12.4. The molecule has 0 radical (unpaired) electrons. The maximum Gasteiger partial charge on any atom is 0.331 e. The molecular weight excluding hydrogens is 258 g/mol. The van der Waals surface area contributed by atoms with Gasteiger partial charge in [0.2, 0.25) is 0 Å². The van der Waals surface area contributed by atoms with Crippen LogP contribution in [0.15, 0.2) is 0 Å². The lowest BCUT2D eigenvalue weighted by Gasteiger charge is -2.33. The van der Waals surface area contributed by atoms with Crippen molar-refractivity contribution in [2.45, 2.75) is 45.6 Å². The maximum atomic E-state index is 12.2. The summed E-state index contributed by atoms with van der Waals surface area (Å²) in [6, 6.07) is 0.372. The number of hydrogen-bond acceptors (Lipinski definition) is 4. The second kappa shape index (κ2) is 6.92. The van der Waals surface area contributed by atoms with E-state index in [0.717, 1.165) is 19.4 Å². The van der Waals surface area contributed by atoms with Gasteiger partial charge in [0.15, 0.2) is 0 Å². The molecule has 0 aromatic heterocycles. The van der Waals surface area contributed by atoms with Crippen molar-refractivity contribution in [3.8, 4) is 0 Å². The van der Waals surface area contributed by atoms with Crippen molar-refractivity contribution in [3.05, 3.63) is 0 Å². The molecule has 0 saturated carbocycles. The van der Waals surface area contributed by atoms with Gasteiger partial charge < -0.3 is 9.64 Å². The third-order valence-corrected chi connectivity index (χ3v) is 4.19. The lowest BCUT2D eigenvalue weighted by atomic mass is 9.97. The minimum atomic E-state index is -0.124. The highest BCUT2D eigenvalue weighted by Gasteiger charge is 2.30. The molecular formula is C14H25N3O3. The Labute approximate surface area is 120 Å². The number of urea groups is 1. The van der Waals surface area contributed by atoms with Crippen LogP contribution in [0.3, 0.4) is 0 Å². The van der Waals surface area contributed by atoms with Gasteiger partial charge in [0.25, 0.3) is 0 Å². The van der Waals surface area contributed by atoms with Crippen molar-refractivity contribution in [2.24, 2.45) is 5.92 Å². The van der Waals surface area contributed by atoms with Gasteiger partial charge in [-0.05, 0) is 39.5 Å². The molecule has 2 amide bonds. The summed E-state index contributed by atoms with van der Waals surface area (Å²) in [5.74, 6) is -0.176. The van der Waals surface area contributed by atoms with Crippen LogP contribution in [0.1, 0.15) is 39.5 Å². The average Bonchev–Trinajstić information content (AvgIpc) is 2.85. The lowest BCUT2D eigenvalue weighted by molar-refractivity contribution is -0.149. The van der Waals surface area contributed by atoms with Crippen LogP contribution in [0.25, 0.3) is 0 Å². The van der Waals surface area contributed by atoms with E-state index in [1.54, 1.807) is 4.90 Å². The molecule has 20 heavy (non-hydrogen) atoms. The average molecular weight is 283 g/mol. The van der Waals surface area contributed by atoms with E-state index in [1.807, 2.05) is 11.9 Å². The fourth-order valence-electron chi connectivity index (χ4n) is 2.87. The summed E-state index contributed by atoms with van der Waals surface area (Å²) in [6.07, 6.45) is 3.65. The van der Waals surface area contributed by atoms with Crippen LogP contribution in [-0.4, -0.2) is 54.2 Å². The van der Waals surface area contributed by atoms with Crippen LogP contribution in [-0.2, 0) is 9.53 Å². The molecule has 0 bridgehead atoms. The number of piperidine rings is 1. The summed E-state index contributed by atoms with van der Waals surface area (Å²) >= 11 is 0. The van der Waals surface area contributed by atoms with E-state index in [1.165, 1.54) is 0 Å². The summed E-state index contributed by atoms with van der Waals surface area (Å²) in [6.45, 7) is 6.53. The monoisotopic (exact) mass is 283 g/mol. The van der Waals surface area contributed by atoms with E-state index in [0.29, 0.717) is 38.6 Å². The number of hydrogen-bond donors (Lipinski definition) is 1. The number of hydrazine groups is 1. The second-order valence-corrected chi connectivity index (χ2v) is 5.61. The highest BCUT2D eigenvalue weighted by molar-refractivity contribution is 5.75. The zero-order chi connectivity index (χ0) is 14.5. The smallest absolute Gasteiger partial charge is 0.331 e. The van der Waals surface area contributed by atoms with E-state index in [2.05, 4.69) is 12.3 Å². The maximum absolute atomic E-state index is 12.2.